The molecular formula is C20H23ClFN4OS+. The number of halogens is 2. The maximum atomic E-state index is 13.0. The number of carbonyl (C=O) groups excluding carboxylic acids is 1. The second kappa shape index (κ2) is 9.82. The SMILES string of the molecule is O=C(C[NH+]1CCN(C(=S)NCc2ccc(F)cc2)CC1)Nc1ccccc1Cl. The Morgan fingerprint density at radius 3 is 2.50 bits per heavy atom. The van der Waals surface area contributed by atoms with E-state index < -0.39 is 0 Å². The summed E-state index contributed by atoms with van der Waals surface area (Å²) < 4.78 is 13.0. The zero-order valence-electron chi connectivity index (χ0n) is 15.4. The lowest BCUT2D eigenvalue weighted by Crippen LogP contribution is -3.15. The number of anilines is 1. The first-order valence-electron chi connectivity index (χ1n) is 9.16. The van der Waals surface area contributed by atoms with Crippen molar-refractivity contribution in [2.75, 3.05) is 38.0 Å². The zero-order valence-corrected chi connectivity index (χ0v) is 17.0. The Hall–Kier alpha value is -2.22. The number of benzene rings is 2. The fourth-order valence-corrected chi connectivity index (χ4v) is 3.52. The van der Waals surface area contributed by atoms with Crippen molar-refractivity contribution in [3.8, 4) is 0 Å². The van der Waals surface area contributed by atoms with Crippen LogP contribution in [-0.2, 0) is 11.3 Å². The van der Waals surface area contributed by atoms with Crippen LogP contribution in [0.3, 0.4) is 0 Å². The Kier molecular flexibility index (Phi) is 7.19. The summed E-state index contributed by atoms with van der Waals surface area (Å²) in [7, 11) is 0. The monoisotopic (exact) mass is 421 g/mol. The van der Waals surface area contributed by atoms with Crippen LogP contribution in [-0.4, -0.2) is 48.6 Å². The van der Waals surface area contributed by atoms with Crippen LogP contribution in [0.4, 0.5) is 10.1 Å². The summed E-state index contributed by atoms with van der Waals surface area (Å²) in [6.07, 6.45) is 0. The highest BCUT2D eigenvalue weighted by Crippen LogP contribution is 2.19. The van der Waals surface area contributed by atoms with E-state index in [0.29, 0.717) is 28.9 Å². The number of quaternary nitrogens is 1. The molecule has 0 bridgehead atoms. The normalized spacial score (nSPS) is 14.6. The predicted molar refractivity (Wildman–Crippen MR) is 113 cm³/mol. The smallest absolute Gasteiger partial charge is 0.279 e. The molecule has 0 saturated carbocycles. The van der Waals surface area contributed by atoms with Crippen LogP contribution in [0, 0.1) is 5.82 Å². The van der Waals surface area contributed by atoms with Gasteiger partial charge in [-0.15, -0.1) is 0 Å². The van der Waals surface area contributed by atoms with Gasteiger partial charge >= 0.3 is 0 Å². The first-order valence-corrected chi connectivity index (χ1v) is 9.95. The van der Waals surface area contributed by atoms with Crippen molar-refractivity contribution >= 4 is 40.5 Å². The van der Waals surface area contributed by atoms with Crippen molar-refractivity contribution in [1.82, 2.24) is 10.2 Å². The van der Waals surface area contributed by atoms with Gasteiger partial charge in [0.1, 0.15) is 5.82 Å². The van der Waals surface area contributed by atoms with E-state index >= 15 is 0 Å². The summed E-state index contributed by atoms with van der Waals surface area (Å²) >= 11 is 11.5. The fraction of sp³-hybridized carbons (Fsp3) is 0.300. The molecule has 0 aliphatic carbocycles. The van der Waals surface area contributed by atoms with Crippen LogP contribution >= 0.6 is 23.8 Å². The number of amides is 1. The minimum atomic E-state index is -0.246. The molecule has 28 heavy (non-hydrogen) atoms. The summed E-state index contributed by atoms with van der Waals surface area (Å²) in [5.41, 5.74) is 1.61. The van der Waals surface area contributed by atoms with Crippen LogP contribution in [0.1, 0.15) is 5.56 Å². The maximum absolute atomic E-state index is 13.0. The van der Waals surface area contributed by atoms with Crippen molar-refractivity contribution in [3.05, 3.63) is 64.9 Å². The predicted octanol–water partition coefficient (Wildman–Crippen LogP) is 1.69. The lowest BCUT2D eigenvalue weighted by molar-refractivity contribution is -0.895. The van der Waals surface area contributed by atoms with Crippen LogP contribution in [0.5, 0.6) is 0 Å². The van der Waals surface area contributed by atoms with E-state index in [1.54, 1.807) is 24.3 Å². The minimum absolute atomic E-state index is 0.0476. The van der Waals surface area contributed by atoms with E-state index in [4.69, 9.17) is 23.8 Å². The molecule has 0 atom stereocenters. The number of thiocarbonyl (C=S) groups is 1. The zero-order chi connectivity index (χ0) is 19.9. The van der Waals surface area contributed by atoms with Gasteiger partial charge in [0.15, 0.2) is 11.7 Å². The molecule has 2 aromatic carbocycles. The highest BCUT2D eigenvalue weighted by atomic mass is 35.5. The van der Waals surface area contributed by atoms with Crippen molar-refractivity contribution in [3.63, 3.8) is 0 Å². The van der Waals surface area contributed by atoms with Gasteiger partial charge in [-0.05, 0) is 42.0 Å². The third kappa shape index (κ3) is 5.89. The van der Waals surface area contributed by atoms with Crippen molar-refractivity contribution in [2.24, 2.45) is 0 Å². The Morgan fingerprint density at radius 2 is 1.82 bits per heavy atom. The molecule has 8 heteroatoms. The standard InChI is InChI=1S/C20H22ClFN4OS/c21-17-3-1-2-4-18(17)24-19(27)14-25-9-11-26(12-10-25)20(28)23-13-15-5-7-16(22)8-6-15/h1-8H,9-14H2,(H,23,28)(H,24,27)/p+1. The highest BCUT2D eigenvalue weighted by Gasteiger charge is 2.23. The molecule has 1 heterocycles. The summed E-state index contributed by atoms with van der Waals surface area (Å²) in [6, 6.07) is 13.6. The van der Waals surface area contributed by atoms with E-state index in [1.165, 1.54) is 17.0 Å². The molecule has 1 amide bonds. The highest BCUT2D eigenvalue weighted by molar-refractivity contribution is 7.80. The average Bonchev–Trinajstić information content (AvgIpc) is 2.69. The van der Waals surface area contributed by atoms with Gasteiger partial charge in [-0.1, -0.05) is 35.9 Å². The van der Waals surface area contributed by atoms with Crippen molar-refractivity contribution in [2.45, 2.75) is 6.54 Å². The second-order valence-corrected chi connectivity index (χ2v) is 7.52. The fourth-order valence-electron chi connectivity index (χ4n) is 3.08. The molecule has 0 radical (unpaired) electrons. The average molecular weight is 422 g/mol. The summed E-state index contributed by atoms with van der Waals surface area (Å²) in [5.74, 6) is -0.294. The van der Waals surface area contributed by atoms with Crippen molar-refractivity contribution in [1.29, 1.82) is 0 Å². The molecule has 3 rings (SSSR count). The van der Waals surface area contributed by atoms with Gasteiger partial charge in [0.2, 0.25) is 0 Å². The quantitative estimate of drug-likeness (QED) is 0.643. The molecule has 5 nitrogen and oxygen atoms in total. The van der Waals surface area contributed by atoms with Gasteiger partial charge in [0.05, 0.1) is 36.9 Å². The Bertz CT molecular complexity index is 825. The second-order valence-electron chi connectivity index (χ2n) is 6.73. The number of rotatable bonds is 5. The third-order valence-corrected chi connectivity index (χ3v) is 5.41. The maximum Gasteiger partial charge on any atom is 0.279 e. The van der Waals surface area contributed by atoms with Gasteiger partial charge in [-0.3, -0.25) is 4.79 Å². The minimum Gasteiger partial charge on any atom is -0.358 e. The van der Waals surface area contributed by atoms with Gasteiger partial charge in [-0.25, -0.2) is 4.39 Å². The first kappa shape index (κ1) is 20.5. The van der Waals surface area contributed by atoms with E-state index in [-0.39, 0.29) is 11.7 Å². The number of hydrogen-bond acceptors (Lipinski definition) is 2. The molecule has 2 aromatic rings. The van der Waals surface area contributed by atoms with Gasteiger partial charge < -0.3 is 20.4 Å². The number of nitrogens with zero attached hydrogens (tertiary/aromatic N) is 1. The van der Waals surface area contributed by atoms with E-state index in [0.717, 1.165) is 31.7 Å². The Labute approximate surface area is 174 Å². The van der Waals surface area contributed by atoms with Gasteiger partial charge in [0, 0.05) is 6.54 Å². The number of para-hydroxylation sites is 1. The number of piperazine rings is 1. The number of hydrogen-bond donors (Lipinski definition) is 3. The van der Waals surface area contributed by atoms with Crippen LogP contribution in [0.2, 0.25) is 5.02 Å². The van der Waals surface area contributed by atoms with Crippen LogP contribution in [0.25, 0.3) is 0 Å². The summed E-state index contributed by atoms with van der Waals surface area (Å²) in [5, 5.41) is 7.30. The van der Waals surface area contributed by atoms with Gasteiger partial charge in [-0.2, -0.15) is 0 Å². The molecule has 1 aliphatic heterocycles. The summed E-state index contributed by atoms with van der Waals surface area (Å²) in [4.78, 5) is 15.6. The van der Waals surface area contributed by atoms with Crippen LogP contribution < -0.4 is 15.5 Å². The van der Waals surface area contributed by atoms with E-state index in [9.17, 15) is 9.18 Å². The lowest BCUT2D eigenvalue weighted by Gasteiger charge is -2.33. The van der Waals surface area contributed by atoms with Crippen LogP contribution in [0.15, 0.2) is 48.5 Å². The molecule has 1 saturated heterocycles. The molecule has 0 spiro atoms. The molecular weight excluding hydrogens is 399 g/mol. The lowest BCUT2D eigenvalue weighted by atomic mass is 10.2. The number of nitrogens with one attached hydrogen (secondary N) is 3. The Morgan fingerprint density at radius 1 is 1.14 bits per heavy atom. The largest absolute Gasteiger partial charge is 0.358 e. The Balaban J connectivity index is 1.40. The molecule has 1 aliphatic rings. The molecule has 0 aromatic heterocycles. The summed E-state index contributed by atoms with van der Waals surface area (Å²) in [6.45, 7) is 4.18. The first-order chi connectivity index (χ1) is 13.5. The number of carbonyl (C=O) groups is 1. The third-order valence-electron chi connectivity index (χ3n) is 4.67. The van der Waals surface area contributed by atoms with E-state index in [2.05, 4.69) is 15.5 Å². The van der Waals surface area contributed by atoms with E-state index in [1.807, 2.05) is 12.1 Å². The molecule has 3 N–H and O–H groups in total. The topological polar surface area (TPSA) is 48.8 Å². The molecule has 148 valence electrons. The molecule has 0 unspecified atom stereocenters. The molecule has 1 fully saturated rings. The van der Waals surface area contributed by atoms with Crippen molar-refractivity contribution < 1.29 is 14.1 Å². The van der Waals surface area contributed by atoms with Gasteiger partial charge in [0.25, 0.3) is 5.91 Å².